The van der Waals surface area contributed by atoms with Crippen LogP contribution in [0, 0.1) is 0 Å². The molecule has 1 N–H and O–H groups in total. The molecule has 0 fully saturated rings. The fraction of sp³-hybridized carbons (Fsp3) is 0.562. The maximum atomic E-state index is 10.6. The SMILES string of the molecule is CN(CCC(=O)O)CC(Cl)c1ccc2c(c1)CCCC2. The second kappa shape index (κ2) is 7.09. The average molecular weight is 296 g/mol. The van der Waals surface area contributed by atoms with E-state index in [1.165, 1.54) is 30.4 Å². The highest BCUT2D eigenvalue weighted by Gasteiger charge is 2.15. The van der Waals surface area contributed by atoms with Crippen LogP contribution in [0.5, 0.6) is 0 Å². The van der Waals surface area contributed by atoms with E-state index in [9.17, 15) is 4.79 Å². The summed E-state index contributed by atoms with van der Waals surface area (Å²) >= 11 is 6.47. The molecule has 1 unspecified atom stereocenters. The van der Waals surface area contributed by atoms with E-state index in [2.05, 4.69) is 18.2 Å². The van der Waals surface area contributed by atoms with Gasteiger partial charge in [0, 0.05) is 13.1 Å². The second-order valence-electron chi connectivity index (χ2n) is 5.61. The summed E-state index contributed by atoms with van der Waals surface area (Å²) in [5.41, 5.74) is 4.05. The normalized spacial score (nSPS) is 15.9. The van der Waals surface area contributed by atoms with Gasteiger partial charge in [-0.3, -0.25) is 4.79 Å². The third kappa shape index (κ3) is 4.22. The molecule has 1 aromatic rings. The van der Waals surface area contributed by atoms with Crippen molar-refractivity contribution in [2.24, 2.45) is 0 Å². The van der Waals surface area contributed by atoms with Gasteiger partial charge in [-0.15, -0.1) is 11.6 Å². The van der Waals surface area contributed by atoms with Crippen LogP contribution in [0.3, 0.4) is 0 Å². The summed E-state index contributed by atoms with van der Waals surface area (Å²) in [7, 11) is 1.91. The maximum absolute atomic E-state index is 10.6. The van der Waals surface area contributed by atoms with Crippen molar-refractivity contribution in [1.29, 1.82) is 0 Å². The first-order valence-corrected chi connectivity index (χ1v) is 7.66. The van der Waals surface area contributed by atoms with Gasteiger partial charge in [-0.1, -0.05) is 18.2 Å². The Morgan fingerprint density at radius 3 is 2.75 bits per heavy atom. The van der Waals surface area contributed by atoms with Crippen LogP contribution in [0.25, 0.3) is 0 Å². The van der Waals surface area contributed by atoms with Gasteiger partial charge in [0.25, 0.3) is 0 Å². The average Bonchev–Trinajstić information content (AvgIpc) is 2.44. The molecule has 110 valence electrons. The van der Waals surface area contributed by atoms with E-state index in [1.54, 1.807) is 0 Å². The van der Waals surface area contributed by atoms with Crippen LogP contribution in [0.4, 0.5) is 0 Å². The summed E-state index contributed by atoms with van der Waals surface area (Å²) in [5.74, 6) is -0.767. The highest BCUT2D eigenvalue weighted by Crippen LogP contribution is 2.27. The molecule has 4 heteroatoms. The highest BCUT2D eigenvalue weighted by molar-refractivity contribution is 6.21. The Kier molecular flexibility index (Phi) is 5.44. The second-order valence-corrected chi connectivity index (χ2v) is 6.14. The van der Waals surface area contributed by atoms with Crippen LogP contribution in [0.2, 0.25) is 0 Å². The zero-order chi connectivity index (χ0) is 14.5. The van der Waals surface area contributed by atoms with E-state index < -0.39 is 5.97 Å². The molecule has 0 bridgehead atoms. The number of benzene rings is 1. The summed E-state index contributed by atoms with van der Waals surface area (Å²) in [5, 5.41) is 8.60. The fourth-order valence-corrected chi connectivity index (χ4v) is 3.08. The molecule has 0 saturated heterocycles. The largest absolute Gasteiger partial charge is 0.481 e. The van der Waals surface area contributed by atoms with Crippen LogP contribution in [-0.4, -0.2) is 36.1 Å². The molecule has 3 nitrogen and oxygen atoms in total. The molecule has 0 heterocycles. The molecule has 0 aliphatic heterocycles. The number of likely N-dealkylation sites (N-methyl/N-ethyl adjacent to an activating group) is 1. The number of alkyl halides is 1. The summed E-state index contributed by atoms with van der Waals surface area (Å²) in [4.78, 5) is 12.5. The number of rotatable bonds is 6. The minimum absolute atomic E-state index is 0.0824. The first-order chi connectivity index (χ1) is 9.56. The molecular weight excluding hydrogens is 274 g/mol. The molecule has 1 aliphatic carbocycles. The molecule has 0 amide bonds. The van der Waals surface area contributed by atoms with Crippen molar-refractivity contribution in [3.8, 4) is 0 Å². The Bertz CT molecular complexity index is 476. The lowest BCUT2D eigenvalue weighted by Crippen LogP contribution is -2.25. The Labute approximate surface area is 125 Å². The summed E-state index contributed by atoms with van der Waals surface area (Å²) in [6.45, 7) is 1.21. The minimum Gasteiger partial charge on any atom is -0.481 e. The summed E-state index contributed by atoms with van der Waals surface area (Å²) in [6.07, 6.45) is 5.05. The van der Waals surface area contributed by atoms with Gasteiger partial charge in [0.1, 0.15) is 0 Å². The van der Waals surface area contributed by atoms with E-state index in [-0.39, 0.29) is 11.8 Å². The number of halogens is 1. The Morgan fingerprint density at radius 2 is 2.05 bits per heavy atom. The zero-order valence-corrected chi connectivity index (χ0v) is 12.7. The monoisotopic (exact) mass is 295 g/mol. The molecule has 0 spiro atoms. The van der Waals surface area contributed by atoms with Gasteiger partial charge in [-0.05, 0) is 49.4 Å². The maximum Gasteiger partial charge on any atom is 0.304 e. The first kappa shape index (κ1) is 15.3. The number of aliphatic carboxylic acids is 1. The van der Waals surface area contributed by atoms with Crippen molar-refractivity contribution in [1.82, 2.24) is 4.90 Å². The third-order valence-electron chi connectivity index (χ3n) is 3.91. The van der Waals surface area contributed by atoms with Gasteiger partial charge in [0.15, 0.2) is 0 Å². The number of hydrogen-bond donors (Lipinski definition) is 1. The van der Waals surface area contributed by atoms with Crippen molar-refractivity contribution in [2.45, 2.75) is 37.5 Å². The number of hydrogen-bond acceptors (Lipinski definition) is 2. The fourth-order valence-electron chi connectivity index (χ4n) is 2.71. The smallest absolute Gasteiger partial charge is 0.304 e. The molecule has 1 atom stereocenters. The minimum atomic E-state index is -0.767. The lowest BCUT2D eigenvalue weighted by atomic mass is 9.90. The molecule has 20 heavy (non-hydrogen) atoms. The standard InChI is InChI=1S/C16H22ClNO2/c1-18(9-8-16(19)20)11-15(17)14-7-6-12-4-2-3-5-13(12)10-14/h6-7,10,15H,2-5,8-9,11H2,1H3,(H,19,20). The molecule has 0 saturated carbocycles. The number of nitrogens with zero attached hydrogens (tertiary/aromatic N) is 1. The highest BCUT2D eigenvalue weighted by atomic mass is 35.5. The van der Waals surface area contributed by atoms with Crippen LogP contribution in [0.1, 0.15) is 41.3 Å². The lowest BCUT2D eigenvalue weighted by molar-refractivity contribution is -0.137. The van der Waals surface area contributed by atoms with Crippen LogP contribution >= 0.6 is 11.6 Å². The topological polar surface area (TPSA) is 40.5 Å². The van der Waals surface area contributed by atoms with E-state index in [1.807, 2.05) is 11.9 Å². The van der Waals surface area contributed by atoms with E-state index in [4.69, 9.17) is 16.7 Å². The number of aryl methyl sites for hydroxylation is 2. The van der Waals surface area contributed by atoms with Gasteiger partial charge in [0.2, 0.25) is 0 Å². The summed E-state index contributed by atoms with van der Waals surface area (Å²) in [6, 6.07) is 6.56. The van der Waals surface area contributed by atoms with E-state index in [0.29, 0.717) is 13.1 Å². The van der Waals surface area contributed by atoms with Gasteiger partial charge >= 0.3 is 5.97 Å². The Hall–Kier alpha value is -1.06. The number of carboxylic acids is 1. The third-order valence-corrected chi connectivity index (χ3v) is 4.30. The van der Waals surface area contributed by atoms with Crippen molar-refractivity contribution >= 4 is 17.6 Å². The molecular formula is C16H22ClNO2. The Balaban J connectivity index is 1.95. The van der Waals surface area contributed by atoms with Crippen molar-refractivity contribution in [3.63, 3.8) is 0 Å². The van der Waals surface area contributed by atoms with Crippen molar-refractivity contribution in [3.05, 3.63) is 34.9 Å². The summed E-state index contributed by atoms with van der Waals surface area (Å²) < 4.78 is 0. The first-order valence-electron chi connectivity index (χ1n) is 7.22. The quantitative estimate of drug-likeness (QED) is 0.819. The van der Waals surface area contributed by atoms with E-state index in [0.717, 1.165) is 12.0 Å². The van der Waals surface area contributed by atoms with Crippen molar-refractivity contribution in [2.75, 3.05) is 20.1 Å². The van der Waals surface area contributed by atoms with Crippen LogP contribution in [0.15, 0.2) is 18.2 Å². The molecule has 1 aromatic carbocycles. The molecule has 1 aliphatic rings. The molecule has 0 aromatic heterocycles. The predicted molar refractivity (Wildman–Crippen MR) is 81.4 cm³/mol. The van der Waals surface area contributed by atoms with E-state index >= 15 is 0 Å². The number of carboxylic acid groups (broad SMARTS) is 1. The molecule has 0 radical (unpaired) electrons. The van der Waals surface area contributed by atoms with Gasteiger partial charge in [0.05, 0.1) is 11.8 Å². The van der Waals surface area contributed by atoms with Crippen LogP contribution < -0.4 is 0 Å². The van der Waals surface area contributed by atoms with Crippen molar-refractivity contribution < 1.29 is 9.90 Å². The van der Waals surface area contributed by atoms with Gasteiger partial charge < -0.3 is 10.0 Å². The molecule has 2 rings (SSSR count). The zero-order valence-electron chi connectivity index (χ0n) is 11.9. The van der Waals surface area contributed by atoms with Gasteiger partial charge in [-0.25, -0.2) is 0 Å². The predicted octanol–water partition coefficient (Wildman–Crippen LogP) is 3.25. The Morgan fingerprint density at radius 1 is 1.35 bits per heavy atom. The number of carbonyl (C=O) groups is 1. The van der Waals surface area contributed by atoms with Crippen LogP contribution in [-0.2, 0) is 17.6 Å². The van der Waals surface area contributed by atoms with Gasteiger partial charge in [-0.2, -0.15) is 0 Å². The lowest BCUT2D eigenvalue weighted by Gasteiger charge is -2.22. The number of fused-ring (bicyclic) bond motifs is 1.